The van der Waals surface area contributed by atoms with Gasteiger partial charge in [0.15, 0.2) is 5.72 Å². The first-order valence-corrected chi connectivity index (χ1v) is 7.62. The summed E-state index contributed by atoms with van der Waals surface area (Å²) in [5.41, 5.74) is 1.39. The molecule has 3 nitrogen and oxygen atoms in total. The molecule has 2 aliphatic heterocycles. The average molecular weight is 299 g/mol. The predicted octanol–water partition coefficient (Wildman–Crippen LogP) is 3.16. The van der Waals surface area contributed by atoms with Crippen LogP contribution in [0, 0.1) is 5.82 Å². The van der Waals surface area contributed by atoms with Gasteiger partial charge in [0.25, 0.3) is 0 Å². The van der Waals surface area contributed by atoms with E-state index in [0.29, 0.717) is 19.4 Å². The standard InChI is InChI=1S/C18H18FNO2/c19-15-8-6-14(7-9-15)18-11-10-17(21)20(18)16(12-22-18)13-4-2-1-3-5-13/h1-9,16-17,21H,10-12H2/t16-,17?,18+/m0/s1. The highest BCUT2D eigenvalue weighted by Gasteiger charge is 2.56. The molecular weight excluding hydrogens is 281 g/mol. The molecule has 1 N–H and O–H groups in total. The number of aliphatic hydroxyl groups excluding tert-OH is 1. The van der Waals surface area contributed by atoms with Crippen LogP contribution in [0.15, 0.2) is 54.6 Å². The molecule has 2 fully saturated rings. The maximum absolute atomic E-state index is 13.2. The van der Waals surface area contributed by atoms with Crippen LogP contribution < -0.4 is 0 Å². The lowest BCUT2D eigenvalue weighted by Gasteiger charge is -2.35. The third-order valence-corrected chi connectivity index (χ3v) is 4.77. The molecule has 2 heterocycles. The first kappa shape index (κ1) is 13.9. The van der Waals surface area contributed by atoms with Gasteiger partial charge in [-0.2, -0.15) is 0 Å². The summed E-state index contributed by atoms with van der Waals surface area (Å²) >= 11 is 0. The van der Waals surface area contributed by atoms with Crippen molar-refractivity contribution in [3.05, 3.63) is 71.5 Å². The third-order valence-electron chi connectivity index (χ3n) is 4.77. The van der Waals surface area contributed by atoms with E-state index in [1.54, 1.807) is 12.1 Å². The normalized spacial score (nSPS) is 31.4. The summed E-state index contributed by atoms with van der Waals surface area (Å²) in [6.45, 7) is 0.526. The van der Waals surface area contributed by atoms with Crippen molar-refractivity contribution in [1.82, 2.24) is 4.90 Å². The first-order valence-electron chi connectivity index (χ1n) is 7.62. The van der Waals surface area contributed by atoms with Crippen molar-refractivity contribution in [2.24, 2.45) is 0 Å². The number of halogens is 1. The summed E-state index contributed by atoms with van der Waals surface area (Å²) in [7, 11) is 0. The minimum Gasteiger partial charge on any atom is -0.378 e. The Labute approximate surface area is 128 Å². The molecular formula is C18H18FNO2. The number of aliphatic hydroxyl groups is 1. The minimum absolute atomic E-state index is 0.0174. The van der Waals surface area contributed by atoms with Crippen molar-refractivity contribution in [2.45, 2.75) is 30.8 Å². The van der Waals surface area contributed by atoms with E-state index in [1.807, 2.05) is 23.1 Å². The molecule has 0 spiro atoms. The molecule has 1 unspecified atom stereocenters. The molecule has 2 aliphatic rings. The van der Waals surface area contributed by atoms with Gasteiger partial charge in [-0.1, -0.05) is 42.5 Å². The summed E-state index contributed by atoms with van der Waals surface area (Å²) in [4.78, 5) is 2.04. The van der Waals surface area contributed by atoms with E-state index in [1.165, 1.54) is 12.1 Å². The molecule has 114 valence electrons. The second-order valence-electron chi connectivity index (χ2n) is 5.96. The molecule has 2 saturated heterocycles. The second kappa shape index (κ2) is 5.16. The highest BCUT2D eigenvalue weighted by molar-refractivity contribution is 5.29. The highest BCUT2D eigenvalue weighted by atomic mass is 19.1. The number of fused-ring (bicyclic) bond motifs is 1. The molecule has 4 heteroatoms. The fourth-order valence-corrected chi connectivity index (χ4v) is 3.76. The molecule has 3 atom stereocenters. The van der Waals surface area contributed by atoms with Crippen LogP contribution in [-0.4, -0.2) is 22.8 Å². The Morgan fingerprint density at radius 2 is 1.82 bits per heavy atom. The molecule has 0 saturated carbocycles. The van der Waals surface area contributed by atoms with Crippen LogP contribution in [0.3, 0.4) is 0 Å². The van der Waals surface area contributed by atoms with Crippen LogP contribution >= 0.6 is 0 Å². The van der Waals surface area contributed by atoms with Gasteiger partial charge in [-0.05, 0) is 36.1 Å². The summed E-state index contributed by atoms with van der Waals surface area (Å²) in [6, 6.07) is 16.5. The molecule has 0 aliphatic carbocycles. The second-order valence-corrected chi connectivity index (χ2v) is 5.96. The molecule has 0 aromatic heterocycles. The number of ether oxygens (including phenoxy) is 1. The maximum atomic E-state index is 13.2. The van der Waals surface area contributed by atoms with Crippen LogP contribution in [0.25, 0.3) is 0 Å². The Morgan fingerprint density at radius 1 is 1.09 bits per heavy atom. The predicted molar refractivity (Wildman–Crippen MR) is 80.3 cm³/mol. The monoisotopic (exact) mass is 299 g/mol. The van der Waals surface area contributed by atoms with Gasteiger partial charge in [0.05, 0.1) is 12.6 Å². The fraction of sp³-hybridized carbons (Fsp3) is 0.333. The maximum Gasteiger partial charge on any atom is 0.150 e. The van der Waals surface area contributed by atoms with Crippen LogP contribution in [-0.2, 0) is 10.5 Å². The van der Waals surface area contributed by atoms with Crippen molar-refractivity contribution < 1.29 is 14.2 Å². The molecule has 0 radical (unpaired) electrons. The van der Waals surface area contributed by atoms with Gasteiger partial charge in [-0.3, -0.25) is 0 Å². The Hall–Kier alpha value is -1.75. The molecule has 2 aromatic rings. The van der Waals surface area contributed by atoms with Crippen molar-refractivity contribution in [1.29, 1.82) is 0 Å². The topological polar surface area (TPSA) is 32.7 Å². The first-order chi connectivity index (χ1) is 10.7. The minimum atomic E-state index is -0.645. The zero-order chi connectivity index (χ0) is 15.2. The van der Waals surface area contributed by atoms with E-state index in [9.17, 15) is 9.50 Å². The quantitative estimate of drug-likeness (QED) is 0.924. The van der Waals surface area contributed by atoms with Crippen LogP contribution in [0.1, 0.15) is 30.0 Å². The van der Waals surface area contributed by atoms with E-state index in [2.05, 4.69) is 12.1 Å². The molecule has 0 bridgehead atoms. The van der Waals surface area contributed by atoms with Gasteiger partial charge in [-0.15, -0.1) is 0 Å². The summed E-state index contributed by atoms with van der Waals surface area (Å²) < 4.78 is 19.4. The zero-order valence-corrected chi connectivity index (χ0v) is 12.2. The Bertz CT molecular complexity index is 661. The smallest absolute Gasteiger partial charge is 0.150 e. The van der Waals surface area contributed by atoms with E-state index in [-0.39, 0.29) is 11.9 Å². The molecule has 2 aromatic carbocycles. The van der Waals surface area contributed by atoms with E-state index >= 15 is 0 Å². The Balaban J connectivity index is 1.75. The number of hydrogen-bond acceptors (Lipinski definition) is 3. The fourth-order valence-electron chi connectivity index (χ4n) is 3.76. The van der Waals surface area contributed by atoms with Crippen molar-refractivity contribution in [2.75, 3.05) is 6.61 Å². The van der Waals surface area contributed by atoms with Crippen molar-refractivity contribution in [3.63, 3.8) is 0 Å². The third kappa shape index (κ3) is 1.99. The van der Waals surface area contributed by atoms with Gasteiger partial charge < -0.3 is 9.84 Å². The lowest BCUT2D eigenvalue weighted by atomic mass is 9.99. The lowest BCUT2D eigenvalue weighted by Crippen LogP contribution is -2.42. The summed E-state index contributed by atoms with van der Waals surface area (Å²) in [5.74, 6) is -0.261. The van der Waals surface area contributed by atoms with Crippen molar-refractivity contribution >= 4 is 0 Å². The van der Waals surface area contributed by atoms with Gasteiger partial charge in [0, 0.05) is 0 Å². The van der Waals surface area contributed by atoms with Gasteiger partial charge >= 0.3 is 0 Å². The summed E-state index contributed by atoms with van der Waals surface area (Å²) in [6.07, 6.45) is 0.821. The average Bonchev–Trinajstić information content (AvgIpc) is 3.09. The Kier molecular flexibility index (Phi) is 3.26. The van der Waals surface area contributed by atoms with Crippen LogP contribution in [0.2, 0.25) is 0 Å². The van der Waals surface area contributed by atoms with Crippen LogP contribution in [0.5, 0.6) is 0 Å². The molecule has 4 rings (SSSR count). The van der Waals surface area contributed by atoms with E-state index in [4.69, 9.17) is 4.74 Å². The van der Waals surface area contributed by atoms with Gasteiger partial charge in [0.2, 0.25) is 0 Å². The van der Waals surface area contributed by atoms with Gasteiger partial charge in [-0.25, -0.2) is 9.29 Å². The zero-order valence-electron chi connectivity index (χ0n) is 12.2. The van der Waals surface area contributed by atoms with Gasteiger partial charge in [0.1, 0.15) is 12.0 Å². The van der Waals surface area contributed by atoms with Crippen LogP contribution in [0.4, 0.5) is 4.39 Å². The summed E-state index contributed by atoms with van der Waals surface area (Å²) in [5, 5.41) is 10.5. The number of hydrogen-bond donors (Lipinski definition) is 1. The lowest BCUT2D eigenvalue weighted by molar-refractivity contribution is -0.111. The van der Waals surface area contributed by atoms with E-state index in [0.717, 1.165) is 11.1 Å². The SMILES string of the molecule is OC1CC[C@]2(c3ccc(F)cc3)OC[C@@H](c3ccccc3)N12. The highest BCUT2D eigenvalue weighted by Crippen LogP contribution is 2.52. The molecule has 0 amide bonds. The van der Waals surface area contributed by atoms with Crippen molar-refractivity contribution in [3.8, 4) is 0 Å². The largest absolute Gasteiger partial charge is 0.378 e. The molecule has 22 heavy (non-hydrogen) atoms. The number of benzene rings is 2. The van der Waals surface area contributed by atoms with E-state index < -0.39 is 12.0 Å². The number of nitrogens with zero attached hydrogens (tertiary/aromatic N) is 1. The Morgan fingerprint density at radius 3 is 2.55 bits per heavy atom. The number of rotatable bonds is 2.